The van der Waals surface area contributed by atoms with Crippen LogP contribution < -0.4 is 5.69 Å². The molecule has 0 bridgehead atoms. The predicted octanol–water partition coefficient (Wildman–Crippen LogP) is 0.974. The van der Waals surface area contributed by atoms with Crippen LogP contribution in [0.2, 0.25) is 0 Å². The van der Waals surface area contributed by atoms with Gasteiger partial charge in [-0.15, -0.1) is 0 Å². The van der Waals surface area contributed by atoms with Crippen molar-refractivity contribution in [2.45, 2.75) is 51.6 Å². The van der Waals surface area contributed by atoms with Crippen LogP contribution in [-0.2, 0) is 17.9 Å². The minimum Gasteiger partial charge on any atom is -0.341 e. The summed E-state index contributed by atoms with van der Waals surface area (Å²) in [5.41, 5.74) is -0.432. The van der Waals surface area contributed by atoms with Crippen LogP contribution in [0, 0.1) is 5.41 Å². The lowest BCUT2D eigenvalue weighted by Gasteiger charge is -2.35. The van der Waals surface area contributed by atoms with Crippen molar-refractivity contribution in [1.82, 2.24) is 29.2 Å². The lowest BCUT2D eigenvalue weighted by Crippen LogP contribution is -2.44. The second-order valence-electron chi connectivity index (χ2n) is 7.24. The summed E-state index contributed by atoms with van der Waals surface area (Å²) in [7, 11) is 0. The van der Waals surface area contributed by atoms with Crippen LogP contribution in [0.1, 0.15) is 44.3 Å². The van der Waals surface area contributed by atoms with E-state index in [2.05, 4.69) is 15.2 Å². The van der Waals surface area contributed by atoms with Gasteiger partial charge in [-0.25, -0.2) is 14.9 Å². The number of carbonyl (C=O) groups is 1. The Morgan fingerprint density at radius 2 is 2.28 bits per heavy atom. The Bertz CT molecular complexity index is 801. The quantitative estimate of drug-likeness (QED) is 0.875. The van der Waals surface area contributed by atoms with Crippen LogP contribution in [0.4, 0.5) is 0 Å². The van der Waals surface area contributed by atoms with Gasteiger partial charge in [0.2, 0.25) is 5.91 Å². The van der Waals surface area contributed by atoms with Gasteiger partial charge in [0, 0.05) is 44.5 Å². The molecule has 2 aromatic rings. The number of likely N-dealkylation sites (tertiary alicyclic amines) is 1. The summed E-state index contributed by atoms with van der Waals surface area (Å²) in [4.78, 5) is 31.0. The van der Waals surface area contributed by atoms with Gasteiger partial charge in [0.1, 0.15) is 5.82 Å². The zero-order valence-electron chi connectivity index (χ0n) is 14.5. The van der Waals surface area contributed by atoms with E-state index in [4.69, 9.17) is 0 Å². The zero-order chi connectivity index (χ0) is 17.4. The number of carbonyl (C=O) groups excluding carboxylic acids is 1. The summed E-state index contributed by atoms with van der Waals surface area (Å²) in [5, 5.41) is 6.76. The number of amides is 1. The average molecular weight is 344 g/mol. The number of aromatic nitrogens is 5. The fourth-order valence-corrected chi connectivity index (χ4v) is 3.98. The Morgan fingerprint density at radius 1 is 1.44 bits per heavy atom. The van der Waals surface area contributed by atoms with E-state index in [9.17, 15) is 9.59 Å². The second kappa shape index (κ2) is 6.16. The van der Waals surface area contributed by atoms with E-state index in [1.54, 1.807) is 17.1 Å². The first-order valence-corrected chi connectivity index (χ1v) is 9.03. The third kappa shape index (κ3) is 2.89. The van der Waals surface area contributed by atoms with Crippen molar-refractivity contribution in [3.63, 3.8) is 0 Å². The van der Waals surface area contributed by atoms with E-state index in [1.807, 2.05) is 22.6 Å². The van der Waals surface area contributed by atoms with Gasteiger partial charge in [-0.3, -0.25) is 9.36 Å². The van der Waals surface area contributed by atoms with Crippen molar-refractivity contribution >= 4 is 5.91 Å². The van der Waals surface area contributed by atoms with Crippen molar-refractivity contribution in [2.75, 3.05) is 13.1 Å². The van der Waals surface area contributed by atoms with Crippen LogP contribution >= 0.6 is 0 Å². The summed E-state index contributed by atoms with van der Waals surface area (Å²) in [6, 6.07) is 0. The van der Waals surface area contributed by atoms with Gasteiger partial charge < -0.3 is 9.47 Å². The normalized spacial score (nSPS) is 22.1. The van der Waals surface area contributed by atoms with E-state index in [0.717, 1.165) is 38.1 Å². The largest absolute Gasteiger partial charge is 0.343 e. The third-order valence-electron chi connectivity index (χ3n) is 5.53. The highest BCUT2D eigenvalue weighted by Crippen LogP contribution is 2.49. The van der Waals surface area contributed by atoms with Crippen molar-refractivity contribution < 1.29 is 4.79 Å². The Labute approximate surface area is 145 Å². The molecule has 4 rings (SSSR count). The second-order valence-corrected chi connectivity index (χ2v) is 7.24. The molecule has 0 radical (unpaired) electrons. The molecule has 8 heteroatoms. The molecule has 1 aliphatic heterocycles. The van der Waals surface area contributed by atoms with E-state index < -0.39 is 0 Å². The maximum atomic E-state index is 13.1. The molecule has 1 N–H and O–H groups in total. The molecular formula is C17H24N6O2. The predicted molar refractivity (Wildman–Crippen MR) is 91.0 cm³/mol. The van der Waals surface area contributed by atoms with Crippen LogP contribution in [0.3, 0.4) is 0 Å². The molecule has 1 aliphatic carbocycles. The number of imidazole rings is 1. The molecular weight excluding hydrogens is 320 g/mol. The van der Waals surface area contributed by atoms with E-state index in [-0.39, 0.29) is 22.9 Å². The lowest BCUT2D eigenvalue weighted by molar-refractivity contribution is -0.138. The van der Waals surface area contributed by atoms with E-state index in [1.165, 1.54) is 0 Å². The molecule has 134 valence electrons. The number of nitrogens with one attached hydrogen (secondary N) is 1. The molecule has 2 fully saturated rings. The van der Waals surface area contributed by atoms with Crippen LogP contribution in [0.5, 0.6) is 0 Å². The first-order valence-electron chi connectivity index (χ1n) is 9.03. The van der Waals surface area contributed by atoms with Gasteiger partial charge in [0.25, 0.3) is 0 Å². The van der Waals surface area contributed by atoms with E-state index >= 15 is 0 Å². The summed E-state index contributed by atoms with van der Waals surface area (Å²) in [5.74, 6) is 1.15. The Hall–Kier alpha value is -2.38. The van der Waals surface area contributed by atoms with Crippen molar-refractivity contribution in [2.24, 2.45) is 5.41 Å². The topological polar surface area (TPSA) is 88.8 Å². The maximum absolute atomic E-state index is 13.1. The Morgan fingerprint density at radius 3 is 2.96 bits per heavy atom. The molecule has 0 unspecified atom stereocenters. The van der Waals surface area contributed by atoms with Gasteiger partial charge in [-0.1, -0.05) is 0 Å². The summed E-state index contributed by atoms with van der Waals surface area (Å²) < 4.78 is 3.67. The fraction of sp³-hybridized carbons (Fsp3) is 0.647. The van der Waals surface area contributed by atoms with Gasteiger partial charge in [-0.05, 0) is 32.6 Å². The monoisotopic (exact) mass is 344 g/mol. The van der Waals surface area contributed by atoms with Gasteiger partial charge in [0.05, 0.1) is 11.7 Å². The lowest BCUT2D eigenvalue weighted by atomic mass is 9.94. The summed E-state index contributed by atoms with van der Waals surface area (Å²) in [6.07, 6.45) is 9.22. The number of piperidine rings is 1. The maximum Gasteiger partial charge on any atom is 0.343 e. The minimum atomic E-state index is -0.265. The number of nitrogens with zero attached hydrogens (tertiary/aromatic N) is 5. The van der Waals surface area contributed by atoms with Crippen LogP contribution in [0.25, 0.3) is 0 Å². The highest BCUT2D eigenvalue weighted by molar-refractivity contribution is 5.85. The third-order valence-corrected chi connectivity index (χ3v) is 5.53. The summed E-state index contributed by atoms with van der Waals surface area (Å²) >= 11 is 0. The standard InChI is InChI=1S/C17H24N6O2/c1-2-23-14(19-20-16(23)25)13-4-3-8-22(10-13)15(24)17(5-6-17)11-21-9-7-18-12-21/h7,9,12-13H,2-6,8,10-11H2,1H3,(H,20,25)/t13-/m1/s1. The van der Waals surface area contributed by atoms with Crippen molar-refractivity contribution in [3.8, 4) is 0 Å². The molecule has 0 spiro atoms. The molecule has 25 heavy (non-hydrogen) atoms. The Kier molecular flexibility index (Phi) is 3.97. The number of H-pyrrole nitrogens is 1. The van der Waals surface area contributed by atoms with E-state index in [0.29, 0.717) is 19.6 Å². The number of hydrogen-bond donors (Lipinski definition) is 1. The molecule has 1 saturated heterocycles. The molecule has 0 aromatic carbocycles. The molecule has 1 saturated carbocycles. The van der Waals surface area contributed by atoms with Crippen molar-refractivity contribution in [1.29, 1.82) is 0 Å². The molecule has 1 amide bonds. The molecule has 1 atom stereocenters. The number of hydrogen-bond acceptors (Lipinski definition) is 4. The fourth-order valence-electron chi connectivity index (χ4n) is 3.98. The first kappa shape index (κ1) is 16.1. The Balaban J connectivity index is 1.49. The van der Waals surface area contributed by atoms with Crippen LogP contribution in [0.15, 0.2) is 23.5 Å². The smallest absolute Gasteiger partial charge is 0.341 e. The highest BCUT2D eigenvalue weighted by atomic mass is 16.2. The van der Waals surface area contributed by atoms with Gasteiger partial charge in [0.15, 0.2) is 0 Å². The molecule has 2 aliphatic rings. The average Bonchev–Trinajstić information content (AvgIpc) is 3.04. The zero-order valence-corrected chi connectivity index (χ0v) is 14.5. The molecule has 8 nitrogen and oxygen atoms in total. The SMILES string of the molecule is CCn1c([C@@H]2CCCN(C(=O)C3(Cn4ccnc4)CC3)C2)n[nH]c1=O. The first-order chi connectivity index (χ1) is 12.1. The van der Waals surface area contributed by atoms with Gasteiger partial charge in [-0.2, -0.15) is 5.10 Å². The number of rotatable bonds is 5. The molecule has 3 heterocycles. The highest BCUT2D eigenvalue weighted by Gasteiger charge is 2.52. The molecule has 2 aromatic heterocycles. The van der Waals surface area contributed by atoms with Crippen molar-refractivity contribution in [3.05, 3.63) is 35.0 Å². The summed E-state index contributed by atoms with van der Waals surface area (Å²) in [6.45, 7) is 4.68. The minimum absolute atomic E-state index is 0.126. The van der Waals surface area contributed by atoms with Gasteiger partial charge >= 0.3 is 5.69 Å². The van der Waals surface area contributed by atoms with Crippen LogP contribution in [-0.4, -0.2) is 48.2 Å². The number of aromatic amines is 1.